The summed E-state index contributed by atoms with van der Waals surface area (Å²) in [4.78, 5) is 10.9. The van der Waals surface area contributed by atoms with Crippen LogP contribution in [0.3, 0.4) is 0 Å². The average Bonchev–Trinajstić information content (AvgIpc) is 2.49. The van der Waals surface area contributed by atoms with Gasteiger partial charge in [0.05, 0.1) is 18.7 Å². The van der Waals surface area contributed by atoms with Crippen LogP contribution < -0.4 is 5.43 Å². The zero-order valence-corrected chi connectivity index (χ0v) is 11.3. The third-order valence-corrected chi connectivity index (χ3v) is 2.95. The molecule has 0 amide bonds. The Morgan fingerprint density at radius 3 is 2.48 bits per heavy atom. The first-order valence-corrected chi connectivity index (χ1v) is 6.50. The van der Waals surface area contributed by atoms with Crippen LogP contribution in [0.2, 0.25) is 0 Å². The molecule has 5 heteroatoms. The quantitative estimate of drug-likeness (QED) is 0.562. The number of hydrogen-bond acceptors (Lipinski definition) is 4. The number of benzene rings is 2. The lowest BCUT2D eigenvalue weighted by atomic mass is 10.0. The van der Waals surface area contributed by atoms with Gasteiger partial charge in [-0.3, -0.25) is 4.79 Å². The highest BCUT2D eigenvalue weighted by Gasteiger charge is 2.14. The first-order chi connectivity index (χ1) is 10.2. The molecule has 0 radical (unpaired) electrons. The Morgan fingerprint density at radius 2 is 1.81 bits per heavy atom. The van der Waals surface area contributed by atoms with Gasteiger partial charge in [0.2, 0.25) is 0 Å². The number of phenols is 1. The SMILES string of the molecule is O=C(O)CC(NN=Cc1ccccc1O)c1ccccc1. The number of para-hydroxylation sites is 1. The fraction of sp³-hybridized carbons (Fsp3) is 0.125. The topological polar surface area (TPSA) is 81.9 Å². The van der Waals surface area contributed by atoms with Gasteiger partial charge in [0.1, 0.15) is 5.75 Å². The Balaban J connectivity index is 2.09. The minimum atomic E-state index is -0.908. The molecule has 0 heterocycles. The van der Waals surface area contributed by atoms with E-state index >= 15 is 0 Å². The van der Waals surface area contributed by atoms with Crippen molar-refractivity contribution < 1.29 is 15.0 Å². The molecule has 0 aliphatic heterocycles. The van der Waals surface area contributed by atoms with Crippen LogP contribution in [0.5, 0.6) is 5.75 Å². The fourth-order valence-corrected chi connectivity index (χ4v) is 1.89. The van der Waals surface area contributed by atoms with E-state index in [9.17, 15) is 9.90 Å². The van der Waals surface area contributed by atoms with Crippen molar-refractivity contribution in [1.82, 2.24) is 5.43 Å². The molecule has 108 valence electrons. The Bertz CT molecular complexity index is 626. The van der Waals surface area contributed by atoms with Gasteiger partial charge in [0.15, 0.2) is 0 Å². The number of nitrogens with zero attached hydrogens (tertiary/aromatic N) is 1. The van der Waals surface area contributed by atoms with E-state index in [1.165, 1.54) is 6.21 Å². The maximum absolute atomic E-state index is 10.9. The summed E-state index contributed by atoms with van der Waals surface area (Å²) >= 11 is 0. The molecule has 0 saturated carbocycles. The number of nitrogens with one attached hydrogen (secondary N) is 1. The largest absolute Gasteiger partial charge is 0.507 e. The number of phenolic OH excluding ortho intramolecular Hbond substituents is 1. The van der Waals surface area contributed by atoms with E-state index in [1.807, 2.05) is 30.3 Å². The summed E-state index contributed by atoms with van der Waals surface area (Å²) in [6.07, 6.45) is 1.38. The van der Waals surface area contributed by atoms with E-state index in [4.69, 9.17) is 5.11 Å². The van der Waals surface area contributed by atoms with Crippen LogP contribution in [-0.2, 0) is 4.79 Å². The van der Waals surface area contributed by atoms with Crippen molar-refractivity contribution in [1.29, 1.82) is 0 Å². The normalized spacial score (nSPS) is 12.2. The van der Waals surface area contributed by atoms with Gasteiger partial charge >= 0.3 is 5.97 Å². The molecule has 0 fully saturated rings. The van der Waals surface area contributed by atoms with Crippen LogP contribution in [0, 0.1) is 0 Å². The highest BCUT2D eigenvalue weighted by Crippen LogP contribution is 2.17. The third-order valence-electron chi connectivity index (χ3n) is 2.95. The fourth-order valence-electron chi connectivity index (χ4n) is 1.89. The van der Waals surface area contributed by atoms with Crippen LogP contribution in [0.1, 0.15) is 23.6 Å². The molecule has 1 atom stereocenters. The molecule has 0 spiro atoms. The molecule has 0 aliphatic rings. The van der Waals surface area contributed by atoms with Crippen molar-refractivity contribution >= 4 is 12.2 Å². The molecule has 0 bridgehead atoms. The third kappa shape index (κ3) is 4.35. The Labute approximate surface area is 122 Å². The molecule has 0 aromatic heterocycles. The van der Waals surface area contributed by atoms with Gasteiger partial charge in [-0.15, -0.1) is 0 Å². The smallest absolute Gasteiger partial charge is 0.305 e. The van der Waals surface area contributed by atoms with E-state index < -0.39 is 12.0 Å². The monoisotopic (exact) mass is 284 g/mol. The minimum Gasteiger partial charge on any atom is -0.507 e. The summed E-state index contributed by atoms with van der Waals surface area (Å²) in [5.41, 5.74) is 4.22. The maximum atomic E-state index is 10.9. The predicted octanol–water partition coefficient (Wildman–Crippen LogP) is 2.53. The first-order valence-electron chi connectivity index (χ1n) is 6.50. The summed E-state index contributed by atoms with van der Waals surface area (Å²) in [7, 11) is 0. The Morgan fingerprint density at radius 1 is 1.14 bits per heavy atom. The van der Waals surface area contributed by atoms with Gasteiger partial charge in [0.25, 0.3) is 0 Å². The first kappa shape index (κ1) is 14.6. The lowest BCUT2D eigenvalue weighted by Crippen LogP contribution is -2.19. The molecule has 21 heavy (non-hydrogen) atoms. The number of carbonyl (C=O) groups is 1. The minimum absolute atomic E-state index is 0.0812. The van der Waals surface area contributed by atoms with Crippen molar-refractivity contribution in [2.75, 3.05) is 0 Å². The number of hydrazone groups is 1. The molecule has 0 saturated heterocycles. The van der Waals surface area contributed by atoms with E-state index in [2.05, 4.69) is 10.5 Å². The van der Waals surface area contributed by atoms with Gasteiger partial charge in [-0.2, -0.15) is 5.10 Å². The van der Waals surface area contributed by atoms with Crippen molar-refractivity contribution in [3.63, 3.8) is 0 Å². The standard InChI is InChI=1S/C16H16N2O3/c19-15-9-5-4-8-13(15)11-17-18-14(10-16(20)21)12-6-2-1-3-7-12/h1-9,11,14,18-19H,10H2,(H,20,21). The number of aromatic hydroxyl groups is 1. The van der Waals surface area contributed by atoms with Gasteiger partial charge < -0.3 is 15.6 Å². The molecule has 1 unspecified atom stereocenters. The molecule has 2 aromatic carbocycles. The molecular formula is C16H16N2O3. The number of hydrogen-bond donors (Lipinski definition) is 3. The van der Waals surface area contributed by atoms with Crippen molar-refractivity contribution in [3.05, 3.63) is 65.7 Å². The van der Waals surface area contributed by atoms with Crippen LogP contribution in [0.4, 0.5) is 0 Å². The lowest BCUT2D eigenvalue weighted by molar-refractivity contribution is -0.137. The van der Waals surface area contributed by atoms with Crippen LogP contribution in [0.15, 0.2) is 59.7 Å². The van der Waals surface area contributed by atoms with Crippen molar-refractivity contribution in [2.24, 2.45) is 5.10 Å². The molecular weight excluding hydrogens is 268 g/mol. The van der Waals surface area contributed by atoms with E-state index in [0.29, 0.717) is 5.56 Å². The molecule has 2 aromatic rings. The predicted molar refractivity (Wildman–Crippen MR) is 80.3 cm³/mol. The van der Waals surface area contributed by atoms with Crippen molar-refractivity contribution in [3.8, 4) is 5.75 Å². The van der Waals surface area contributed by atoms with E-state index in [1.54, 1.807) is 24.3 Å². The number of carboxylic acid groups (broad SMARTS) is 1. The molecule has 5 nitrogen and oxygen atoms in total. The number of aliphatic carboxylic acids is 1. The van der Waals surface area contributed by atoms with Crippen LogP contribution >= 0.6 is 0 Å². The van der Waals surface area contributed by atoms with E-state index in [-0.39, 0.29) is 12.2 Å². The van der Waals surface area contributed by atoms with Crippen LogP contribution in [-0.4, -0.2) is 22.4 Å². The summed E-state index contributed by atoms with van der Waals surface area (Å²) < 4.78 is 0. The maximum Gasteiger partial charge on any atom is 0.305 e. The van der Waals surface area contributed by atoms with Gasteiger partial charge in [-0.1, -0.05) is 42.5 Å². The zero-order valence-electron chi connectivity index (χ0n) is 11.3. The van der Waals surface area contributed by atoms with Gasteiger partial charge in [-0.05, 0) is 17.7 Å². The second-order valence-electron chi connectivity index (χ2n) is 4.51. The molecule has 3 N–H and O–H groups in total. The Hall–Kier alpha value is -2.82. The summed E-state index contributed by atoms with van der Waals surface area (Å²) in [6, 6.07) is 15.6. The van der Waals surface area contributed by atoms with Crippen LogP contribution in [0.25, 0.3) is 0 Å². The number of carboxylic acids is 1. The van der Waals surface area contributed by atoms with Crippen molar-refractivity contribution in [2.45, 2.75) is 12.5 Å². The average molecular weight is 284 g/mol. The van der Waals surface area contributed by atoms with E-state index in [0.717, 1.165) is 5.56 Å². The lowest BCUT2D eigenvalue weighted by Gasteiger charge is -2.14. The van der Waals surface area contributed by atoms with Gasteiger partial charge in [-0.25, -0.2) is 0 Å². The molecule has 2 rings (SSSR count). The molecule has 0 aliphatic carbocycles. The second-order valence-corrected chi connectivity index (χ2v) is 4.51. The van der Waals surface area contributed by atoms with Gasteiger partial charge in [0, 0.05) is 5.56 Å². The Kier molecular flexibility index (Phi) is 4.93. The highest BCUT2D eigenvalue weighted by atomic mass is 16.4. The summed E-state index contributed by atoms with van der Waals surface area (Å²) in [5, 5.41) is 22.6. The number of rotatable bonds is 6. The summed E-state index contributed by atoms with van der Waals surface area (Å²) in [5.74, 6) is -0.786. The zero-order chi connectivity index (χ0) is 15.1. The summed E-state index contributed by atoms with van der Waals surface area (Å²) in [6.45, 7) is 0. The highest BCUT2D eigenvalue weighted by molar-refractivity contribution is 5.83. The second kappa shape index (κ2) is 7.09.